The number of aliphatic carboxylic acids is 1. The van der Waals surface area contributed by atoms with Crippen LogP contribution < -0.4 is 37.5 Å². The standard InChI is InChI=1S/C53H56FN9O14/c1-3-53(76)32-19-38-48-30(25-63(38)51(74)31(32)26-77-52(53)75)47-34(14-13-29-27(2)33(54)20-35(61-48)46(29)47)58-42(67)24-57-49(72)36(18-28-10-6-4-7-11-28)60-41(66)23-55-40(65)22-56-50(73)37(21-45(70)71)59-39(64)12-8-5-9-17-62-43(68)15-16-44(62)69/h4,6-7,10-11,15-16,19-20,34,36-37,76H,3,5,8-9,12-14,17-18,21-26H2,1-2H3,(H,55,65)(H,56,73)(H,57,72)(H,58,67)(H,59,64)(H,60,66)(H,70,71)/t34-,36?,37?,53-/m0/s1. The Morgan fingerprint density at radius 1 is 0.831 bits per heavy atom. The molecular formula is C53H56FN9O14. The van der Waals surface area contributed by atoms with Gasteiger partial charge in [0.15, 0.2) is 5.60 Å². The van der Waals surface area contributed by atoms with Gasteiger partial charge in [-0.1, -0.05) is 43.7 Å². The van der Waals surface area contributed by atoms with Crippen molar-refractivity contribution in [3.05, 3.63) is 110 Å². The monoisotopic (exact) mass is 1060 g/mol. The molecule has 2 unspecified atom stereocenters. The quantitative estimate of drug-likeness (QED) is 0.0260. The van der Waals surface area contributed by atoms with E-state index >= 15 is 4.39 Å². The molecule has 0 spiro atoms. The first-order chi connectivity index (χ1) is 36.8. The minimum atomic E-state index is -2.08. The number of esters is 1. The SMILES string of the molecule is CC[C@@]1(O)C(=O)OCc2c1cc1n(c2=O)Cc2c-1nc1cc(F)c(C)c3c1c2[C@@H](NC(=O)CNC(=O)C(Cc1ccccc1)NC(=O)CNC(=O)CNC(=O)C(CC(=O)O)NC(=O)CCCCCN1C(=O)C=CC1=O)CC3. The lowest BCUT2D eigenvalue weighted by molar-refractivity contribution is -0.172. The number of aliphatic hydroxyl groups is 1. The number of halogens is 1. The molecule has 23 nitrogen and oxygen atoms in total. The van der Waals surface area contributed by atoms with E-state index in [2.05, 4.69) is 31.9 Å². The van der Waals surface area contributed by atoms with Crippen LogP contribution in [0.15, 0.2) is 59.4 Å². The number of unbranched alkanes of at least 4 members (excludes halogenated alkanes) is 2. The highest BCUT2D eigenvalue weighted by Gasteiger charge is 2.46. The van der Waals surface area contributed by atoms with Crippen molar-refractivity contribution in [3.8, 4) is 11.4 Å². The first-order valence-electron chi connectivity index (χ1n) is 25.1. The third-order valence-corrected chi connectivity index (χ3v) is 14.2. The van der Waals surface area contributed by atoms with E-state index in [9.17, 15) is 63.0 Å². The zero-order valence-electron chi connectivity index (χ0n) is 42.0. The first kappa shape index (κ1) is 54.6. The Bertz CT molecular complexity index is 3210. The number of pyridine rings is 2. The number of nitrogens with zero attached hydrogens (tertiary/aromatic N) is 3. The van der Waals surface area contributed by atoms with Crippen LogP contribution in [0.2, 0.25) is 0 Å². The molecule has 8 rings (SSSR count). The fourth-order valence-electron chi connectivity index (χ4n) is 10.1. The number of nitrogens with one attached hydrogen (secondary N) is 6. The molecule has 0 saturated heterocycles. The molecule has 8 amide bonds. The smallest absolute Gasteiger partial charge is 0.343 e. The highest BCUT2D eigenvalue weighted by molar-refractivity contribution is 6.12. The summed E-state index contributed by atoms with van der Waals surface area (Å²) in [4.78, 5) is 147. The number of hydrogen-bond acceptors (Lipinski definition) is 14. The molecule has 24 heteroatoms. The van der Waals surface area contributed by atoms with Gasteiger partial charge in [0.2, 0.25) is 35.4 Å². The van der Waals surface area contributed by atoms with Crippen molar-refractivity contribution < 1.29 is 67.3 Å². The fraction of sp³-hybridized carbons (Fsp3) is 0.396. The van der Waals surface area contributed by atoms with Gasteiger partial charge in [-0.05, 0) is 67.3 Å². The Kier molecular flexibility index (Phi) is 16.4. The fourth-order valence-corrected chi connectivity index (χ4v) is 10.1. The number of carboxylic acid groups (broad SMARTS) is 1. The molecular weight excluding hydrogens is 1010 g/mol. The van der Waals surface area contributed by atoms with Crippen LogP contribution in [0.3, 0.4) is 0 Å². The predicted molar refractivity (Wildman–Crippen MR) is 268 cm³/mol. The molecule has 0 radical (unpaired) electrons. The molecule has 2 aromatic heterocycles. The minimum absolute atomic E-state index is 0.00782. The van der Waals surface area contributed by atoms with E-state index in [1.807, 2.05) is 0 Å². The summed E-state index contributed by atoms with van der Waals surface area (Å²) >= 11 is 0. The Balaban J connectivity index is 0.875. The number of carboxylic acids is 1. The number of ether oxygens (including phenoxy) is 1. The number of benzene rings is 2. The second-order valence-corrected chi connectivity index (χ2v) is 19.2. The van der Waals surface area contributed by atoms with Gasteiger partial charge in [0.1, 0.15) is 24.5 Å². The summed E-state index contributed by atoms with van der Waals surface area (Å²) in [7, 11) is 0. The summed E-state index contributed by atoms with van der Waals surface area (Å²) < 4.78 is 22.1. The van der Waals surface area contributed by atoms with Crippen molar-refractivity contribution in [2.24, 2.45) is 0 Å². The Hall–Kier alpha value is -8.67. The van der Waals surface area contributed by atoms with Crippen LogP contribution >= 0.6 is 0 Å². The van der Waals surface area contributed by atoms with Crippen LogP contribution in [-0.2, 0) is 84.3 Å². The van der Waals surface area contributed by atoms with Crippen LogP contribution in [-0.4, -0.2) is 122 Å². The molecule has 0 bridgehead atoms. The van der Waals surface area contributed by atoms with E-state index in [1.54, 1.807) is 50.2 Å². The number of imide groups is 1. The van der Waals surface area contributed by atoms with E-state index in [0.29, 0.717) is 76.7 Å². The van der Waals surface area contributed by atoms with Crippen LogP contribution in [0.4, 0.5) is 4.39 Å². The average Bonchev–Trinajstić information content (AvgIpc) is 3.95. The van der Waals surface area contributed by atoms with Gasteiger partial charge in [-0.3, -0.25) is 52.8 Å². The zero-order valence-corrected chi connectivity index (χ0v) is 42.0. The lowest BCUT2D eigenvalue weighted by atomic mass is 9.81. The van der Waals surface area contributed by atoms with Crippen LogP contribution in [0.5, 0.6) is 0 Å². The van der Waals surface area contributed by atoms with Gasteiger partial charge in [0, 0.05) is 54.1 Å². The number of cyclic esters (lactones) is 1. The molecule has 1 aliphatic carbocycles. The summed E-state index contributed by atoms with van der Waals surface area (Å²) in [6.45, 7) is 1.13. The second kappa shape index (κ2) is 23.1. The van der Waals surface area contributed by atoms with Gasteiger partial charge < -0.3 is 51.4 Å². The summed E-state index contributed by atoms with van der Waals surface area (Å²) in [5.74, 6) is -8.34. The first-order valence-corrected chi connectivity index (χ1v) is 25.1. The highest BCUT2D eigenvalue weighted by atomic mass is 19.1. The normalized spacial score (nSPS) is 17.6. The van der Waals surface area contributed by atoms with E-state index in [4.69, 9.17) is 9.72 Å². The molecule has 0 fully saturated rings. The third kappa shape index (κ3) is 11.8. The van der Waals surface area contributed by atoms with Gasteiger partial charge in [-0.25, -0.2) is 14.2 Å². The summed E-state index contributed by atoms with van der Waals surface area (Å²) in [6, 6.07) is 7.94. The number of carbonyl (C=O) groups excluding carboxylic acids is 9. The Morgan fingerprint density at radius 3 is 2.21 bits per heavy atom. The molecule has 4 atom stereocenters. The minimum Gasteiger partial charge on any atom is -0.481 e. The van der Waals surface area contributed by atoms with E-state index in [-0.39, 0.29) is 55.6 Å². The number of rotatable bonds is 22. The summed E-state index contributed by atoms with van der Waals surface area (Å²) in [5.41, 5.74) is 1.41. The molecule has 2 aromatic carbocycles. The maximum Gasteiger partial charge on any atom is 0.343 e. The molecule has 4 aliphatic rings. The molecule has 404 valence electrons. The third-order valence-electron chi connectivity index (χ3n) is 14.2. The van der Waals surface area contributed by atoms with Gasteiger partial charge >= 0.3 is 11.9 Å². The summed E-state index contributed by atoms with van der Waals surface area (Å²) in [5, 5.41) is 36.4. The van der Waals surface area contributed by atoms with Crippen molar-refractivity contribution in [1.82, 2.24) is 46.4 Å². The molecule has 0 saturated carbocycles. The summed E-state index contributed by atoms with van der Waals surface area (Å²) in [6.07, 6.45) is 3.16. The van der Waals surface area contributed by atoms with Crippen molar-refractivity contribution in [2.75, 3.05) is 26.2 Å². The molecule has 4 aromatic rings. The van der Waals surface area contributed by atoms with Crippen LogP contribution in [0, 0.1) is 12.7 Å². The number of hydrogen-bond donors (Lipinski definition) is 8. The van der Waals surface area contributed by atoms with Crippen LogP contribution in [0.25, 0.3) is 22.3 Å². The number of aromatic nitrogens is 2. The van der Waals surface area contributed by atoms with Gasteiger partial charge in [-0.15, -0.1) is 0 Å². The lowest BCUT2D eigenvalue weighted by Crippen LogP contribution is -2.53. The second-order valence-electron chi connectivity index (χ2n) is 19.2. The topological polar surface area (TPSA) is 331 Å². The van der Waals surface area contributed by atoms with Crippen molar-refractivity contribution in [3.63, 3.8) is 0 Å². The Labute approximate surface area is 438 Å². The number of fused-ring (bicyclic) bond motifs is 5. The number of aryl methyl sites for hydroxylation is 1. The molecule has 5 heterocycles. The molecule has 8 N–H and O–H groups in total. The molecule has 3 aliphatic heterocycles. The van der Waals surface area contributed by atoms with Gasteiger partial charge in [-0.2, -0.15) is 0 Å². The highest BCUT2D eigenvalue weighted by Crippen LogP contribution is 2.46. The Morgan fingerprint density at radius 2 is 1.51 bits per heavy atom. The van der Waals surface area contributed by atoms with E-state index in [1.165, 1.54) is 10.6 Å². The van der Waals surface area contributed by atoms with E-state index in [0.717, 1.165) is 17.1 Å². The molecule has 77 heavy (non-hydrogen) atoms. The lowest BCUT2D eigenvalue weighted by Gasteiger charge is -2.31. The maximum absolute atomic E-state index is 15.5. The average molecular weight is 1060 g/mol. The van der Waals surface area contributed by atoms with Crippen LogP contribution in [0.1, 0.15) is 96.9 Å². The maximum atomic E-state index is 15.5. The zero-order chi connectivity index (χ0) is 55.3. The van der Waals surface area contributed by atoms with E-state index < -0.39 is 120 Å². The van der Waals surface area contributed by atoms with Gasteiger partial charge in [0.05, 0.1) is 61.1 Å². The number of carbonyl (C=O) groups is 10. The number of amides is 8. The largest absolute Gasteiger partial charge is 0.481 e. The predicted octanol–water partition coefficient (Wildman–Crippen LogP) is 0.152. The van der Waals surface area contributed by atoms with Gasteiger partial charge in [0.25, 0.3) is 17.4 Å². The van der Waals surface area contributed by atoms with Crippen molar-refractivity contribution in [1.29, 1.82) is 0 Å². The van der Waals surface area contributed by atoms with Crippen molar-refractivity contribution in [2.45, 2.75) is 109 Å². The van der Waals surface area contributed by atoms with Crippen molar-refractivity contribution >= 4 is 70.1 Å².